The number of ether oxygens (including phenoxy) is 1. The maximum absolute atomic E-state index is 11.8. The van der Waals surface area contributed by atoms with Gasteiger partial charge < -0.3 is 16.2 Å². The fourth-order valence-corrected chi connectivity index (χ4v) is 3.25. The molecular weight excluding hydrogens is 460 g/mol. The topological polar surface area (TPSA) is 182 Å². The minimum Gasteiger partial charge on any atom is -0.456 e. The molecule has 11 nitrogen and oxygen atoms in total. The van der Waals surface area contributed by atoms with Gasteiger partial charge in [0.25, 0.3) is 10.1 Å². The zero-order valence-electron chi connectivity index (χ0n) is 17.7. The van der Waals surface area contributed by atoms with Gasteiger partial charge >= 0.3 is 0 Å². The molecule has 0 amide bonds. The van der Waals surface area contributed by atoms with Gasteiger partial charge in [0.2, 0.25) is 0 Å². The minimum atomic E-state index is -4.72. The number of benzene rings is 3. The summed E-state index contributed by atoms with van der Waals surface area (Å²) in [6.45, 7) is 1.91. The Bertz CT molecular complexity index is 1450. The SMILES string of the molecule is Cc1ccc(/N=N/c2c(N)c(/N=N/c3ccc(OC=C=C=O)cc3)cc(S(=O)(=O)O)c2N)cc1. The monoisotopic (exact) mass is 478 g/mol. The largest absolute Gasteiger partial charge is 0.456 e. The van der Waals surface area contributed by atoms with Crippen LogP contribution in [-0.4, -0.2) is 18.9 Å². The number of nitrogens with two attached hydrogens (primary N) is 2. The normalized spacial score (nSPS) is 11.4. The van der Waals surface area contributed by atoms with Crippen molar-refractivity contribution in [1.29, 1.82) is 0 Å². The van der Waals surface area contributed by atoms with Crippen molar-refractivity contribution in [2.75, 3.05) is 11.5 Å². The highest BCUT2D eigenvalue weighted by Crippen LogP contribution is 2.43. The van der Waals surface area contributed by atoms with Crippen molar-refractivity contribution in [1.82, 2.24) is 0 Å². The van der Waals surface area contributed by atoms with E-state index in [0.717, 1.165) is 17.9 Å². The van der Waals surface area contributed by atoms with Gasteiger partial charge in [0, 0.05) is 5.73 Å². The van der Waals surface area contributed by atoms with Gasteiger partial charge in [0.15, 0.2) is 5.94 Å². The smallest absolute Gasteiger partial charge is 0.296 e. The lowest BCUT2D eigenvalue weighted by Crippen LogP contribution is -2.05. The van der Waals surface area contributed by atoms with Gasteiger partial charge in [-0.3, -0.25) is 4.55 Å². The Balaban J connectivity index is 2.00. The Morgan fingerprint density at radius 1 is 0.912 bits per heavy atom. The molecule has 172 valence electrons. The van der Waals surface area contributed by atoms with Crippen LogP contribution in [0.5, 0.6) is 5.75 Å². The van der Waals surface area contributed by atoms with E-state index in [1.54, 1.807) is 36.4 Å². The number of nitrogen functional groups attached to an aromatic ring is 2. The second-order valence-corrected chi connectivity index (χ2v) is 8.15. The third-order valence-corrected chi connectivity index (χ3v) is 5.21. The van der Waals surface area contributed by atoms with Crippen LogP contribution in [-0.2, 0) is 14.9 Å². The Kier molecular flexibility index (Phi) is 7.32. The molecule has 0 spiro atoms. The molecule has 0 fully saturated rings. The van der Waals surface area contributed by atoms with Gasteiger partial charge in [-0.1, -0.05) is 17.7 Å². The van der Waals surface area contributed by atoms with E-state index >= 15 is 0 Å². The lowest BCUT2D eigenvalue weighted by Gasteiger charge is -2.10. The fourth-order valence-electron chi connectivity index (χ4n) is 2.61. The predicted octanol–water partition coefficient (Wildman–Crippen LogP) is 5.12. The molecule has 12 heteroatoms. The van der Waals surface area contributed by atoms with Gasteiger partial charge in [-0.25, -0.2) is 4.79 Å². The van der Waals surface area contributed by atoms with Gasteiger partial charge in [0.05, 0.1) is 22.7 Å². The van der Waals surface area contributed by atoms with Crippen LogP contribution in [0, 0.1) is 6.92 Å². The summed E-state index contributed by atoms with van der Waals surface area (Å²) in [4.78, 5) is 9.46. The van der Waals surface area contributed by atoms with Gasteiger partial charge in [0.1, 0.15) is 28.3 Å². The average molecular weight is 478 g/mol. The highest BCUT2D eigenvalue weighted by molar-refractivity contribution is 7.86. The maximum Gasteiger partial charge on any atom is 0.296 e. The molecule has 0 aliphatic rings. The Morgan fingerprint density at radius 2 is 1.50 bits per heavy atom. The summed E-state index contributed by atoms with van der Waals surface area (Å²) >= 11 is 0. The van der Waals surface area contributed by atoms with Crippen LogP contribution < -0.4 is 16.2 Å². The molecule has 34 heavy (non-hydrogen) atoms. The van der Waals surface area contributed by atoms with Crippen molar-refractivity contribution < 1.29 is 22.5 Å². The molecule has 0 saturated heterocycles. The molecule has 3 rings (SSSR count). The number of aryl methyl sites for hydroxylation is 1. The van der Waals surface area contributed by atoms with Crippen molar-refractivity contribution >= 4 is 50.2 Å². The molecule has 0 bridgehead atoms. The van der Waals surface area contributed by atoms with E-state index in [2.05, 4.69) is 26.2 Å². The third-order valence-electron chi connectivity index (χ3n) is 4.32. The lowest BCUT2D eigenvalue weighted by molar-refractivity contribution is 0.482. The van der Waals surface area contributed by atoms with Crippen LogP contribution in [0.3, 0.4) is 0 Å². The minimum absolute atomic E-state index is 0.0877. The van der Waals surface area contributed by atoms with E-state index in [1.807, 2.05) is 19.1 Å². The zero-order chi connectivity index (χ0) is 24.7. The van der Waals surface area contributed by atoms with Gasteiger partial charge in [-0.15, -0.1) is 10.2 Å². The van der Waals surface area contributed by atoms with Crippen LogP contribution in [0.4, 0.5) is 34.1 Å². The van der Waals surface area contributed by atoms with E-state index in [1.165, 1.54) is 5.94 Å². The highest BCUT2D eigenvalue weighted by atomic mass is 32.2. The summed E-state index contributed by atoms with van der Waals surface area (Å²) in [5.41, 5.74) is 15.3. The second-order valence-electron chi connectivity index (χ2n) is 6.76. The first kappa shape index (κ1) is 24.1. The summed E-state index contributed by atoms with van der Waals surface area (Å²) < 4.78 is 38.4. The summed E-state index contributed by atoms with van der Waals surface area (Å²) in [5.74, 6) is 1.83. The molecule has 0 aliphatic carbocycles. The zero-order valence-corrected chi connectivity index (χ0v) is 18.5. The van der Waals surface area contributed by atoms with Crippen molar-refractivity contribution in [3.05, 3.63) is 72.2 Å². The predicted molar refractivity (Wildman–Crippen MR) is 125 cm³/mol. The number of rotatable bonds is 7. The summed E-state index contributed by atoms with van der Waals surface area (Å²) in [5, 5.41) is 16.0. The molecule has 3 aromatic rings. The molecule has 0 atom stereocenters. The number of hydrogen-bond donors (Lipinski definition) is 3. The lowest BCUT2D eigenvalue weighted by atomic mass is 10.2. The fraction of sp³-hybridized carbons (Fsp3) is 0.0455. The second kappa shape index (κ2) is 10.3. The van der Waals surface area contributed by atoms with Crippen molar-refractivity contribution in [2.24, 2.45) is 20.5 Å². The molecular formula is C22H18N6O5S. The first-order chi connectivity index (χ1) is 16.2. The van der Waals surface area contributed by atoms with Crippen LogP contribution >= 0.6 is 0 Å². The number of carbonyl (C=O) groups excluding carboxylic acids is 1. The summed E-state index contributed by atoms with van der Waals surface area (Å²) in [7, 11) is -4.72. The van der Waals surface area contributed by atoms with Crippen molar-refractivity contribution in [3.8, 4) is 5.75 Å². The van der Waals surface area contributed by atoms with Crippen LogP contribution in [0.15, 0.2) is 91.9 Å². The summed E-state index contributed by atoms with van der Waals surface area (Å²) in [6.07, 6.45) is 1.04. The molecule has 0 aliphatic heterocycles. The van der Waals surface area contributed by atoms with Crippen LogP contribution in [0.2, 0.25) is 0 Å². The van der Waals surface area contributed by atoms with E-state index in [4.69, 9.17) is 16.2 Å². The number of hydrogen-bond acceptors (Lipinski definition) is 10. The maximum atomic E-state index is 11.8. The van der Waals surface area contributed by atoms with Gasteiger partial charge in [-0.05, 0) is 49.4 Å². The van der Waals surface area contributed by atoms with E-state index in [-0.39, 0.29) is 22.7 Å². The first-order valence-corrected chi connectivity index (χ1v) is 10.9. The third kappa shape index (κ3) is 6.00. The highest BCUT2D eigenvalue weighted by Gasteiger charge is 2.22. The quantitative estimate of drug-likeness (QED) is 0.105. The van der Waals surface area contributed by atoms with E-state index < -0.39 is 15.0 Å². The molecule has 0 radical (unpaired) electrons. The van der Waals surface area contributed by atoms with Crippen molar-refractivity contribution in [2.45, 2.75) is 11.8 Å². The Morgan fingerprint density at radius 3 is 2.09 bits per heavy atom. The number of azo groups is 2. The van der Waals surface area contributed by atoms with Gasteiger partial charge in [-0.2, -0.15) is 18.6 Å². The molecule has 5 N–H and O–H groups in total. The Hall–Kier alpha value is -4.60. The van der Waals surface area contributed by atoms with E-state index in [0.29, 0.717) is 17.1 Å². The molecule has 0 heterocycles. The standard InChI is InChI=1S/C22H18N6O5S/c1-14-3-5-15(6-4-14)26-28-22-20(23)18(13-19(21(22)24)34(30,31)32)27-25-16-7-9-17(10-8-16)33-12-2-11-29/h3-10,12-13H,23-24H2,1H3,(H,30,31,32)/b27-25+,28-26+. The van der Waals surface area contributed by atoms with Crippen molar-refractivity contribution in [3.63, 3.8) is 0 Å². The first-order valence-electron chi connectivity index (χ1n) is 9.49. The van der Waals surface area contributed by atoms with Crippen LogP contribution in [0.25, 0.3) is 0 Å². The number of nitrogens with zero attached hydrogens (tertiary/aromatic N) is 4. The average Bonchev–Trinajstić information content (AvgIpc) is 2.80. The molecule has 0 saturated carbocycles. The molecule has 3 aromatic carbocycles. The number of anilines is 2. The van der Waals surface area contributed by atoms with Crippen LogP contribution in [0.1, 0.15) is 5.56 Å². The molecule has 0 aromatic heterocycles. The summed E-state index contributed by atoms with van der Waals surface area (Å²) in [6, 6.07) is 14.2. The Labute approximate surface area is 194 Å². The van der Waals surface area contributed by atoms with E-state index in [9.17, 15) is 17.8 Å². The molecule has 0 unspecified atom stereocenters.